The molecule has 1 aliphatic heterocycles. The molecule has 0 amide bonds. The number of likely N-dealkylation sites (tertiary alicyclic amines) is 1. The van der Waals surface area contributed by atoms with Crippen LogP contribution in [0, 0.1) is 5.41 Å². The van der Waals surface area contributed by atoms with Gasteiger partial charge in [0.2, 0.25) is 0 Å². The number of nitrogens with zero attached hydrogens (tertiary/aromatic N) is 1. The van der Waals surface area contributed by atoms with E-state index in [1.54, 1.807) is 0 Å². The monoisotopic (exact) mass is 197 g/mol. The molecule has 1 saturated carbocycles. The fourth-order valence-corrected chi connectivity index (χ4v) is 2.32. The molecule has 1 atom stereocenters. The molecule has 0 aromatic heterocycles. The Morgan fingerprint density at radius 2 is 2.29 bits per heavy atom. The average Bonchev–Trinajstić information content (AvgIpc) is 2.96. The largest absolute Gasteiger partial charge is 0.330 e. The molecule has 2 fully saturated rings. The van der Waals surface area contributed by atoms with Crippen LogP contribution >= 0.6 is 0 Å². The van der Waals surface area contributed by atoms with E-state index in [0.717, 1.165) is 13.1 Å². The summed E-state index contributed by atoms with van der Waals surface area (Å²) in [6.07, 6.45) is 5.34. The van der Waals surface area contributed by atoms with E-state index < -0.39 is 0 Å². The molecule has 2 aliphatic rings. The first kappa shape index (κ1) is 10.4. The van der Waals surface area contributed by atoms with E-state index in [4.69, 9.17) is 5.73 Å². The van der Waals surface area contributed by atoms with Gasteiger partial charge in [-0.2, -0.15) is 0 Å². The van der Waals surface area contributed by atoms with Crippen molar-refractivity contribution in [3.05, 3.63) is 0 Å². The van der Waals surface area contributed by atoms with E-state index in [1.165, 1.54) is 38.8 Å². The number of hydrogen-bond donors (Lipinski definition) is 2. The molecule has 0 spiro atoms. The highest BCUT2D eigenvalue weighted by Gasteiger charge is 2.41. The van der Waals surface area contributed by atoms with Crippen molar-refractivity contribution in [3.8, 4) is 0 Å². The number of nitrogens with one attached hydrogen (secondary N) is 1. The van der Waals surface area contributed by atoms with Gasteiger partial charge in [0.05, 0.1) is 0 Å². The predicted molar refractivity (Wildman–Crippen MR) is 59.2 cm³/mol. The van der Waals surface area contributed by atoms with Crippen LogP contribution in [0.5, 0.6) is 0 Å². The summed E-state index contributed by atoms with van der Waals surface area (Å²) in [6, 6.07) is 0.706. The summed E-state index contributed by atoms with van der Waals surface area (Å²) >= 11 is 0. The standard InChI is InChI=1S/C11H23N3/c1-14-6-2-3-10(7-14)13-9-11(8-12)4-5-11/h10,13H,2-9,12H2,1H3. The molecule has 14 heavy (non-hydrogen) atoms. The molecular formula is C11H23N3. The van der Waals surface area contributed by atoms with Crippen LogP contribution in [0.1, 0.15) is 25.7 Å². The molecule has 3 heteroatoms. The first-order valence-corrected chi connectivity index (χ1v) is 5.86. The molecule has 1 unspecified atom stereocenters. The van der Waals surface area contributed by atoms with Crippen LogP contribution < -0.4 is 11.1 Å². The highest BCUT2D eigenvalue weighted by molar-refractivity contribution is 4.96. The zero-order chi connectivity index (χ0) is 10.0. The van der Waals surface area contributed by atoms with Crippen molar-refractivity contribution in [2.75, 3.05) is 33.2 Å². The maximum absolute atomic E-state index is 5.76. The van der Waals surface area contributed by atoms with E-state index in [1.807, 2.05) is 0 Å². The Kier molecular flexibility index (Phi) is 3.10. The Hall–Kier alpha value is -0.120. The second-order valence-corrected chi connectivity index (χ2v) is 5.19. The van der Waals surface area contributed by atoms with Gasteiger partial charge in [-0.3, -0.25) is 0 Å². The Morgan fingerprint density at radius 3 is 2.86 bits per heavy atom. The maximum Gasteiger partial charge on any atom is 0.0195 e. The van der Waals surface area contributed by atoms with Crippen molar-refractivity contribution in [1.29, 1.82) is 0 Å². The van der Waals surface area contributed by atoms with Crippen LogP contribution in [-0.4, -0.2) is 44.2 Å². The first-order valence-electron chi connectivity index (χ1n) is 5.86. The van der Waals surface area contributed by atoms with E-state index in [9.17, 15) is 0 Å². The third-order valence-corrected chi connectivity index (χ3v) is 3.78. The van der Waals surface area contributed by atoms with Crippen molar-refractivity contribution in [3.63, 3.8) is 0 Å². The quantitative estimate of drug-likeness (QED) is 0.686. The normalized spacial score (nSPS) is 31.7. The SMILES string of the molecule is CN1CCCC(NCC2(CN)CC2)C1. The van der Waals surface area contributed by atoms with Crippen molar-refractivity contribution < 1.29 is 0 Å². The van der Waals surface area contributed by atoms with Crippen molar-refractivity contribution in [1.82, 2.24) is 10.2 Å². The molecular weight excluding hydrogens is 174 g/mol. The number of hydrogen-bond acceptors (Lipinski definition) is 3. The summed E-state index contributed by atoms with van der Waals surface area (Å²) in [5.74, 6) is 0. The van der Waals surface area contributed by atoms with Gasteiger partial charge >= 0.3 is 0 Å². The first-order chi connectivity index (χ1) is 6.74. The zero-order valence-corrected chi connectivity index (χ0v) is 9.26. The minimum absolute atomic E-state index is 0.482. The van der Waals surface area contributed by atoms with Gasteiger partial charge < -0.3 is 16.0 Å². The van der Waals surface area contributed by atoms with Crippen molar-refractivity contribution >= 4 is 0 Å². The number of rotatable bonds is 4. The van der Waals surface area contributed by atoms with Gasteiger partial charge in [0, 0.05) is 19.1 Å². The minimum Gasteiger partial charge on any atom is -0.330 e. The Labute approximate surface area is 87.0 Å². The van der Waals surface area contributed by atoms with E-state index in [-0.39, 0.29) is 0 Å². The van der Waals surface area contributed by atoms with Crippen LogP contribution in [0.2, 0.25) is 0 Å². The lowest BCUT2D eigenvalue weighted by molar-refractivity contribution is 0.220. The lowest BCUT2D eigenvalue weighted by Gasteiger charge is -2.31. The van der Waals surface area contributed by atoms with Gasteiger partial charge in [0.25, 0.3) is 0 Å². The molecule has 0 aromatic rings. The molecule has 1 aliphatic carbocycles. The van der Waals surface area contributed by atoms with Crippen LogP contribution in [0.3, 0.4) is 0 Å². The predicted octanol–water partition coefficient (Wildman–Crippen LogP) is 0.409. The Bertz CT molecular complexity index is 189. The summed E-state index contributed by atoms with van der Waals surface area (Å²) in [6.45, 7) is 4.48. The second-order valence-electron chi connectivity index (χ2n) is 5.19. The topological polar surface area (TPSA) is 41.3 Å². The average molecular weight is 197 g/mol. The molecule has 0 radical (unpaired) electrons. The van der Waals surface area contributed by atoms with Crippen LogP contribution in [0.4, 0.5) is 0 Å². The van der Waals surface area contributed by atoms with Crippen LogP contribution in [0.25, 0.3) is 0 Å². The summed E-state index contributed by atoms with van der Waals surface area (Å²) in [7, 11) is 2.21. The minimum atomic E-state index is 0.482. The van der Waals surface area contributed by atoms with Crippen molar-refractivity contribution in [2.45, 2.75) is 31.7 Å². The lowest BCUT2D eigenvalue weighted by atomic mass is 10.0. The van der Waals surface area contributed by atoms with E-state index in [2.05, 4.69) is 17.3 Å². The summed E-state index contributed by atoms with van der Waals surface area (Å²) in [4.78, 5) is 2.42. The zero-order valence-electron chi connectivity index (χ0n) is 9.26. The third-order valence-electron chi connectivity index (χ3n) is 3.78. The summed E-state index contributed by atoms with van der Waals surface area (Å²) in [5.41, 5.74) is 6.24. The Morgan fingerprint density at radius 1 is 1.50 bits per heavy atom. The van der Waals surface area contributed by atoms with Gasteiger partial charge in [-0.15, -0.1) is 0 Å². The number of likely N-dealkylation sites (N-methyl/N-ethyl adjacent to an activating group) is 1. The summed E-state index contributed by atoms with van der Waals surface area (Å²) in [5, 5.41) is 3.68. The third kappa shape index (κ3) is 2.47. The van der Waals surface area contributed by atoms with E-state index >= 15 is 0 Å². The van der Waals surface area contributed by atoms with Gasteiger partial charge in [-0.05, 0) is 51.2 Å². The van der Waals surface area contributed by atoms with Crippen LogP contribution in [0.15, 0.2) is 0 Å². The van der Waals surface area contributed by atoms with Crippen molar-refractivity contribution in [2.24, 2.45) is 11.1 Å². The Balaban J connectivity index is 1.69. The summed E-state index contributed by atoms with van der Waals surface area (Å²) < 4.78 is 0. The lowest BCUT2D eigenvalue weighted by Crippen LogP contribution is -2.46. The van der Waals surface area contributed by atoms with Crippen LogP contribution in [-0.2, 0) is 0 Å². The molecule has 2 rings (SSSR count). The smallest absolute Gasteiger partial charge is 0.0195 e. The number of nitrogens with two attached hydrogens (primary N) is 1. The second kappa shape index (κ2) is 4.17. The van der Waals surface area contributed by atoms with Gasteiger partial charge in [0.1, 0.15) is 0 Å². The maximum atomic E-state index is 5.76. The molecule has 82 valence electrons. The molecule has 1 heterocycles. The molecule has 3 N–H and O–H groups in total. The van der Waals surface area contributed by atoms with Gasteiger partial charge in [-0.25, -0.2) is 0 Å². The molecule has 0 bridgehead atoms. The molecule has 3 nitrogen and oxygen atoms in total. The van der Waals surface area contributed by atoms with Gasteiger partial charge in [0.15, 0.2) is 0 Å². The number of piperidine rings is 1. The fourth-order valence-electron chi connectivity index (χ4n) is 2.32. The highest BCUT2D eigenvalue weighted by atomic mass is 15.1. The highest BCUT2D eigenvalue weighted by Crippen LogP contribution is 2.43. The fraction of sp³-hybridized carbons (Fsp3) is 1.00. The molecule has 0 aromatic carbocycles. The van der Waals surface area contributed by atoms with E-state index in [0.29, 0.717) is 11.5 Å². The van der Waals surface area contributed by atoms with Gasteiger partial charge in [-0.1, -0.05) is 0 Å². The molecule has 1 saturated heterocycles.